The van der Waals surface area contributed by atoms with Crippen LogP contribution in [0.5, 0.6) is 0 Å². The average Bonchev–Trinajstić information content (AvgIpc) is 3.35. The van der Waals surface area contributed by atoms with Gasteiger partial charge in [-0.15, -0.1) is 10.2 Å². The van der Waals surface area contributed by atoms with Crippen molar-refractivity contribution in [3.05, 3.63) is 11.6 Å². The van der Waals surface area contributed by atoms with Crippen LogP contribution in [0.2, 0.25) is 0 Å². The fourth-order valence-corrected chi connectivity index (χ4v) is 4.05. The average molecular weight is 347 g/mol. The normalized spacial score (nSPS) is 19.7. The van der Waals surface area contributed by atoms with Gasteiger partial charge in [-0.25, -0.2) is 4.99 Å². The minimum atomic E-state index is 0.571. The highest BCUT2D eigenvalue weighted by atomic mass is 15.3. The Morgan fingerprint density at radius 3 is 2.52 bits per heavy atom. The monoisotopic (exact) mass is 346 g/mol. The van der Waals surface area contributed by atoms with Crippen LogP contribution >= 0.6 is 0 Å². The number of aromatic nitrogens is 3. The molecule has 2 aliphatic carbocycles. The third-order valence-electron chi connectivity index (χ3n) is 5.81. The van der Waals surface area contributed by atoms with Gasteiger partial charge in [0.1, 0.15) is 12.4 Å². The topological polar surface area (TPSA) is 67.1 Å². The molecule has 6 nitrogen and oxygen atoms in total. The molecule has 0 saturated heterocycles. The summed E-state index contributed by atoms with van der Waals surface area (Å²) in [5.41, 5.74) is 0. The molecule has 3 rings (SSSR count). The second-order valence-electron chi connectivity index (χ2n) is 7.73. The molecule has 2 saturated carbocycles. The second-order valence-corrected chi connectivity index (χ2v) is 7.73. The smallest absolute Gasteiger partial charge is 0.191 e. The molecule has 1 aromatic rings. The van der Waals surface area contributed by atoms with E-state index in [9.17, 15) is 0 Å². The Hall–Kier alpha value is -1.59. The molecule has 0 unspecified atom stereocenters. The van der Waals surface area contributed by atoms with Gasteiger partial charge in [-0.1, -0.05) is 38.5 Å². The summed E-state index contributed by atoms with van der Waals surface area (Å²) in [4.78, 5) is 4.77. The Kier molecular flexibility index (Phi) is 6.70. The van der Waals surface area contributed by atoms with Gasteiger partial charge >= 0.3 is 0 Å². The molecule has 1 heterocycles. The summed E-state index contributed by atoms with van der Waals surface area (Å²) in [6.45, 7) is 3.55. The first-order chi connectivity index (χ1) is 12.2. The molecule has 140 valence electrons. The maximum Gasteiger partial charge on any atom is 0.191 e. The third-order valence-corrected chi connectivity index (χ3v) is 5.81. The van der Waals surface area contributed by atoms with Crippen LogP contribution in [0.4, 0.5) is 0 Å². The Bertz CT molecular complexity index is 552. The van der Waals surface area contributed by atoms with E-state index >= 15 is 0 Å². The van der Waals surface area contributed by atoms with E-state index in [2.05, 4.69) is 20.8 Å². The summed E-state index contributed by atoms with van der Waals surface area (Å²) >= 11 is 0. The number of aryl methyl sites for hydroxylation is 1. The first-order valence-corrected chi connectivity index (χ1v) is 10.1. The summed E-state index contributed by atoms with van der Waals surface area (Å²) in [5, 5.41) is 15.5. The molecule has 2 fully saturated rings. The number of nitrogens with one attached hydrogen (secondary N) is 2. The van der Waals surface area contributed by atoms with E-state index in [-0.39, 0.29) is 0 Å². The van der Waals surface area contributed by atoms with Crippen molar-refractivity contribution in [2.75, 3.05) is 6.54 Å². The number of hydrogen-bond acceptors (Lipinski definition) is 3. The van der Waals surface area contributed by atoms with Crippen molar-refractivity contribution in [1.29, 1.82) is 0 Å². The van der Waals surface area contributed by atoms with Gasteiger partial charge < -0.3 is 15.2 Å². The van der Waals surface area contributed by atoms with E-state index in [0.29, 0.717) is 12.6 Å². The molecule has 1 aromatic heterocycles. The number of aliphatic imine (C=N–C) groups is 1. The van der Waals surface area contributed by atoms with Gasteiger partial charge in [-0.2, -0.15) is 0 Å². The van der Waals surface area contributed by atoms with Crippen LogP contribution in [0.3, 0.4) is 0 Å². The molecule has 0 amide bonds. The van der Waals surface area contributed by atoms with Gasteiger partial charge in [0.2, 0.25) is 0 Å². The molecule has 0 bridgehead atoms. The lowest BCUT2D eigenvalue weighted by atomic mass is 10.0. The molecular formula is C19H34N6. The molecule has 0 radical (unpaired) electrons. The van der Waals surface area contributed by atoms with E-state index in [1.54, 1.807) is 0 Å². The SMILES string of the molecule is Cc1nnc(CN=C(NCCCC2CCCC2)NC2CCCC2)n1C. The fourth-order valence-electron chi connectivity index (χ4n) is 4.05. The highest BCUT2D eigenvalue weighted by molar-refractivity contribution is 5.80. The summed E-state index contributed by atoms with van der Waals surface area (Å²) in [5.74, 6) is 3.75. The Morgan fingerprint density at radius 1 is 1.12 bits per heavy atom. The predicted octanol–water partition coefficient (Wildman–Crippen LogP) is 3.07. The minimum absolute atomic E-state index is 0.571. The predicted molar refractivity (Wildman–Crippen MR) is 101 cm³/mol. The lowest BCUT2D eigenvalue weighted by Gasteiger charge is -2.18. The highest BCUT2D eigenvalue weighted by Gasteiger charge is 2.17. The lowest BCUT2D eigenvalue weighted by Crippen LogP contribution is -2.42. The highest BCUT2D eigenvalue weighted by Crippen LogP contribution is 2.28. The molecule has 25 heavy (non-hydrogen) atoms. The van der Waals surface area contributed by atoms with E-state index in [1.807, 2.05) is 18.5 Å². The second kappa shape index (κ2) is 9.20. The summed E-state index contributed by atoms with van der Waals surface area (Å²) in [6, 6.07) is 0.572. The van der Waals surface area contributed by atoms with Gasteiger partial charge in [0.05, 0.1) is 0 Å². The van der Waals surface area contributed by atoms with Crippen molar-refractivity contribution in [2.45, 2.75) is 83.7 Å². The zero-order valence-corrected chi connectivity index (χ0v) is 15.9. The van der Waals surface area contributed by atoms with Crippen LogP contribution < -0.4 is 10.6 Å². The van der Waals surface area contributed by atoms with Crippen molar-refractivity contribution in [1.82, 2.24) is 25.4 Å². The zero-order chi connectivity index (χ0) is 17.5. The van der Waals surface area contributed by atoms with Gasteiger partial charge in [0.15, 0.2) is 11.8 Å². The maximum atomic E-state index is 4.77. The summed E-state index contributed by atoms with van der Waals surface area (Å²) < 4.78 is 2.01. The Labute approximate surface area is 151 Å². The van der Waals surface area contributed by atoms with E-state index in [1.165, 1.54) is 64.2 Å². The third kappa shape index (κ3) is 5.44. The van der Waals surface area contributed by atoms with Crippen LogP contribution in [0.1, 0.15) is 75.9 Å². The number of nitrogens with zero attached hydrogens (tertiary/aromatic N) is 4. The van der Waals surface area contributed by atoms with Crippen LogP contribution in [0.15, 0.2) is 4.99 Å². The fraction of sp³-hybridized carbons (Fsp3) is 0.842. The first-order valence-electron chi connectivity index (χ1n) is 10.1. The van der Waals surface area contributed by atoms with Gasteiger partial charge in [0.25, 0.3) is 0 Å². The Balaban J connectivity index is 1.50. The van der Waals surface area contributed by atoms with E-state index in [0.717, 1.165) is 30.1 Å². The number of hydrogen-bond donors (Lipinski definition) is 2. The molecule has 0 aliphatic heterocycles. The van der Waals surface area contributed by atoms with E-state index < -0.39 is 0 Å². The van der Waals surface area contributed by atoms with Crippen LogP contribution in [0, 0.1) is 12.8 Å². The zero-order valence-electron chi connectivity index (χ0n) is 15.9. The Morgan fingerprint density at radius 2 is 1.84 bits per heavy atom. The molecule has 6 heteroatoms. The van der Waals surface area contributed by atoms with Crippen molar-refractivity contribution >= 4 is 5.96 Å². The molecular weight excluding hydrogens is 312 g/mol. The molecule has 0 atom stereocenters. The lowest BCUT2D eigenvalue weighted by molar-refractivity contribution is 0.480. The molecule has 0 spiro atoms. The van der Waals surface area contributed by atoms with Crippen molar-refractivity contribution < 1.29 is 0 Å². The van der Waals surface area contributed by atoms with Gasteiger partial charge in [-0.3, -0.25) is 0 Å². The minimum Gasteiger partial charge on any atom is -0.356 e. The van der Waals surface area contributed by atoms with Crippen molar-refractivity contribution in [3.63, 3.8) is 0 Å². The van der Waals surface area contributed by atoms with Gasteiger partial charge in [-0.05, 0) is 38.5 Å². The summed E-state index contributed by atoms with van der Waals surface area (Å²) in [6.07, 6.45) is 13.5. The van der Waals surface area contributed by atoms with Crippen molar-refractivity contribution in [2.24, 2.45) is 18.0 Å². The summed E-state index contributed by atoms with van der Waals surface area (Å²) in [7, 11) is 2.00. The largest absolute Gasteiger partial charge is 0.356 e. The maximum absolute atomic E-state index is 4.77. The molecule has 0 aromatic carbocycles. The number of rotatable bonds is 7. The first kappa shape index (κ1) is 18.2. The molecule has 2 N–H and O–H groups in total. The van der Waals surface area contributed by atoms with Crippen molar-refractivity contribution in [3.8, 4) is 0 Å². The van der Waals surface area contributed by atoms with Gasteiger partial charge in [0, 0.05) is 19.6 Å². The van der Waals surface area contributed by atoms with Crippen LogP contribution in [-0.2, 0) is 13.6 Å². The molecule has 2 aliphatic rings. The quantitative estimate of drug-likeness (QED) is 0.452. The van der Waals surface area contributed by atoms with Crippen LogP contribution in [-0.4, -0.2) is 33.3 Å². The van der Waals surface area contributed by atoms with E-state index in [4.69, 9.17) is 4.99 Å². The van der Waals surface area contributed by atoms with Crippen LogP contribution in [0.25, 0.3) is 0 Å². The standard InChI is InChI=1S/C19H34N6/c1-15-23-24-18(25(15)2)14-21-19(22-17-11-5-6-12-17)20-13-7-10-16-8-3-4-9-16/h16-17H,3-14H2,1-2H3,(H2,20,21,22). The number of guanidine groups is 1.